The Labute approximate surface area is 98.3 Å². The molecule has 2 atom stereocenters. The second-order valence-electron chi connectivity index (χ2n) is 4.76. The van der Waals surface area contributed by atoms with Crippen molar-refractivity contribution >= 4 is 0 Å². The summed E-state index contributed by atoms with van der Waals surface area (Å²) in [5.74, 6) is 0. The van der Waals surface area contributed by atoms with Gasteiger partial charge in [-0.3, -0.25) is 4.90 Å². The topological polar surface area (TPSA) is 33.7 Å². The molecule has 2 aliphatic rings. The van der Waals surface area contributed by atoms with E-state index in [9.17, 15) is 0 Å². The lowest BCUT2D eigenvalue weighted by molar-refractivity contribution is -0.165. The normalized spacial score (nSPS) is 32.8. The Hall–Kier alpha value is -0.160. The number of nitrogens with zero attached hydrogens (tertiary/aromatic N) is 1. The number of hydrogen-bond acceptors (Lipinski definition) is 4. The molecular formula is C12H24N2O2. The molecule has 2 aliphatic heterocycles. The average Bonchev–Trinajstić information content (AvgIpc) is 2.33. The molecule has 0 radical (unpaired) electrons. The van der Waals surface area contributed by atoms with Gasteiger partial charge in [-0.1, -0.05) is 0 Å². The van der Waals surface area contributed by atoms with Crippen LogP contribution in [0, 0.1) is 0 Å². The van der Waals surface area contributed by atoms with Gasteiger partial charge < -0.3 is 14.8 Å². The Morgan fingerprint density at radius 2 is 2.38 bits per heavy atom. The SMILES string of the molecule is C[C@H]1CNCCN1CCOC1CCCCO1. The fourth-order valence-electron chi connectivity index (χ4n) is 2.36. The summed E-state index contributed by atoms with van der Waals surface area (Å²) in [6, 6.07) is 0.629. The molecule has 0 spiro atoms. The lowest BCUT2D eigenvalue weighted by atomic mass is 10.2. The van der Waals surface area contributed by atoms with Crippen LogP contribution in [0.3, 0.4) is 0 Å². The summed E-state index contributed by atoms with van der Waals surface area (Å²) in [7, 11) is 0. The van der Waals surface area contributed by atoms with Crippen molar-refractivity contribution in [1.82, 2.24) is 10.2 Å². The Kier molecular flexibility index (Phi) is 5.03. The van der Waals surface area contributed by atoms with E-state index in [1.165, 1.54) is 12.8 Å². The number of hydrogen-bond donors (Lipinski definition) is 1. The summed E-state index contributed by atoms with van der Waals surface area (Å²) in [4.78, 5) is 2.49. The highest BCUT2D eigenvalue weighted by Gasteiger charge is 2.18. The zero-order valence-electron chi connectivity index (χ0n) is 10.3. The molecule has 2 heterocycles. The van der Waals surface area contributed by atoms with Crippen molar-refractivity contribution < 1.29 is 9.47 Å². The van der Waals surface area contributed by atoms with Gasteiger partial charge in [-0.05, 0) is 26.2 Å². The van der Waals surface area contributed by atoms with E-state index < -0.39 is 0 Å². The molecular weight excluding hydrogens is 204 g/mol. The van der Waals surface area contributed by atoms with Crippen LogP contribution < -0.4 is 5.32 Å². The molecule has 4 heteroatoms. The molecule has 1 unspecified atom stereocenters. The highest BCUT2D eigenvalue weighted by Crippen LogP contribution is 2.13. The number of piperazine rings is 1. The maximum atomic E-state index is 5.75. The third kappa shape index (κ3) is 3.70. The molecule has 0 aromatic rings. The quantitative estimate of drug-likeness (QED) is 0.772. The minimum atomic E-state index is 0.0620. The molecule has 4 nitrogen and oxygen atoms in total. The van der Waals surface area contributed by atoms with Gasteiger partial charge in [0, 0.05) is 38.8 Å². The maximum Gasteiger partial charge on any atom is 0.157 e. The van der Waals surface area contributed by atoms with E-state index in [-0.39, 0.29) is 6.29 Å². The summed E-state index contributed by atoms with van der Waals surface area (Å²) >= 11 is 0. The highest BCUT2D eigenvalue weighted by molar-refractivity contribution is 4.75. The van der Waals surface area contributed by atoms with E-state index in [0.29, 0.717) is 6.04 Å². The van der Waals surface area contributed by atoms with Crippen molar-refractivity contribution in [3.63, 3.8) is 0 Å². The molecule has 0 aromatic carbocycles. The van der Waals surface area contributed by atoms with E-state index in [0.717, 1.165) is 45.8 Å². The predicted molar refractivity (Wildman–Crippen MR) is 63.4 cm³/mol. The van der Waals surface area contributed by atoms with E-state index >= 15 is 0 Å². The van der Waals surface area contributed by atoms with E-state index in [1.54, 1.807) is 0 Å². The largest absolute Gasteiger partial charge is 0.353 e. The first-order chi connectivity index (χ1) is 7.86. The summed E-state index contributed by atoms with van der Waals surface area (Å²) in [5.41, 5.74) is 0. The van der Waals surface area contributed by atoms with Gasteiger partial charge in [0.2, 0.25) is 0 Å². The van der Waals surface area contributed by atoms with Crippen molar-refractivity contribution in [2.24, 2.45) is 0 Å². The molecule has 2 fully saturated rings. The van der Waals surface area contributed by atoms with Gasteiger partial charge in [-0.15, -0.1) is 0 Å². The van der Waals surface area contributed by atoms with Crippen LogP contribution in [0.4, 0.5) is 0 Å². The molecule has 0 amide bonds. The second-order valence-corrected chi connectivity index (χ2v) is 4.76. The third-order valence-corrected chi connectivity index (χ3v) is 3.46. The van der Waals surface area contributed by atoms with Crippen LogP contribution in [0.1, 0.15) is 26.2 Å². The van der Waals surface area contributed by atoms with E-state index in [1.807, 2.05) is 0 Å². The summed E-state index contributed by atoms with van der Waals surface area (Å²) in [6.07, 6.45) is 3.56. The molecule has 0 aliphatic carbocycles. The van der Waals surface area contributed by atoms with Crippen LogP contribution >= 0.6 is 0 Å². The van der Waals surface area contributed by atoms with E-state index in [2.05, 4.69) is 17.1 Å². The molecule has 2 rings (SSSR count). The first-order valence-corrected chi connectivity index (χ1v) is 6.54. The van der Waals surface area contributed by atoms with Crippen molar-refractivity contribution in [2.75, 3.05) is 39.4 Å². The van der Waals surface area contributed by atoms with Crippen LogP contribution in [0.15, 0.2) is 0 Å². The maximum absolute atomic E-state index is 5.75. The number of ether oxygens (including phenoxy) is 2. The van der Waals surface area contributed by atoms with Gasteiger partial charge in [0.05, 0.1) is 6.61 Å². The third-order valence-electron chi connectivity index (χ3n) is 3.46. The molecule has 2 saturated heterocycles. The average molecular weight is 228 g/mol. The fraction of sp³-hybridized carbons (Fsp3) is 1.00. The monoisotopic (exact) mass is 228 g/mol. The van der Waals surface area contributed by atoms with Crippen LogP contribution in [0.2, 0.25) is 0 Å². The smallest absolute Gasteiger partial charge is 0.157 e. The van der Waals surface area contributed by atoms with Crippen molar-refractivity contribution in [2.45, 2.75) is 38.5 Å². The Morgan fingerprint density at radius 3 is 3.12 bits per heavy atom. The number of rotatable bonds is 4. The molecule has 16 heavy (non-hydrogen) atoms. The highest BCUT2D eigenvalue weighted by atomic mass is 16.7. The van der Waals surface area contributed by atoms with Gasteiger partial charge in [-0.2, -0.15) is 0 Å². The Bertz CT molecular complexity index is 195. The Morgan fingerprint density at radius 1 is 1.44 bits per heavy atom. The van der Waals surface area contributed by atoms with Crippen LogP contribution in [0.25, 0.3) is 0 Å². The van der Waals surface area contributed by atoms with Gasteiger partial charge in [0.25, 0.3) is 0 Å². The van der Waals surface area contributed by atoms with Crippen molar-refractivity contribution in [1.29, 1.82) is 0 Å². The zero-order valence-corrected chi connectivity index (χ0v) is 10.3. The van der Waals surface area contributed by atoms with Gasteiger partial charge in [0.1, 0.15) is 0 Å². The zero-order chi connectivity index (χ0) is 11.2. The molecule has 0 saturated carbocycles. The van der Waals surface area contributed by atoms with Crippen LogP contribution in [-0.2, 0) is 9.47 Å². The van der Waals surface area contributed by atoms with Crippen molar-refractivity contribution in [3.05, 3.63) is 0 Å². The van der Waals surface area contributed by atoms with Gasteiger partial charge >= 0.3 is 0 Å². The van der Waals surface area contributed by atoms with Crippen LogP contribution in [0.5, 0.6) is 0 Å². The number of nitrogens with one attached hydrogen (secondary N) is 1. The van der Waals surface area contributed by atoms with E-state index in [4.69, 9.17) is 9.47 Å². The van der Waals surface area contributed by atoms with Gasteiger partial charge in [0.15, 0.2) is 6.29 Å². The lowest BCUT2D eigenvalue weighted by Gasteiger charge is -2.34. The molecule has 0 bridgehead atoms. The molecule has 94 valence electrons. The molecule has 1 N–H and O–H groups in total. The van der Waals surface area contributed by atoms with Crippen LogP contribution in [-0.4, -0.2) is 56.6 Å². The predicted octanol–water partition coefficient (Wildman–Crippen LogP) is 0.823. The summed E-state index contributed by atoms with van der Waals surface area (Å²) < 4.78 is 11.3. The minimum absolute atomic E-state index is 0.0620. The summed E-state index contributed by atoms with van der Waals surface area (Å²) in [6.45, 7) is 8.30. The Balaban J connectivity index is 1.59. The minimum Gasteiger partial charge on any atom is -0.353 e. The van der Waals surface area contributed by atoms with Gasteiger partial charge in [-0.25, -0.2) is 0 Å². The first kappa shape index (κ1) is 12.3. The molecule has 0 aromatic heterocycles. The van der Waals surface area contributed by atoms with Crippen molar-refractivity contribution in [3.8, 4) is 0 Å². The lowest BCUT2D eigenvalue weighted by Crippen LogP contribution is -2.50. The second kappa shape index (κ2) is 6.55. The summed E-state index contributed by atoms with van der Waals surface area (Å²) in [5, 5.41) is 3.40. The standard InChI is InChI=1S/C12H24N2O2/c1-11-10-13-5-6-14(11)7-9-16-12-4-2-3-8-15-12/h11-13H,2-10H2,1H3/t11-,12?/m0/s1. The first-order valence-electron chi connectivity index (χ1n) is 6.54. The fourth-order valence-corrected chi connectivity index (χ4v) is 2.36.